The van der Waals surface area contributed by atoms with E-state index < -0.39 is 17.3 Å². The second-order valence-electron chi connectivity index (χ2n) is 6.37. The summed E-state index contributed by atoms with van der Waals surface area (Å²) in [4.78, 5) is 20.7. The Bertz CT molecular complexity index is 936. The van der Waals surface area contributed by atoms with Gasteiger partial charge in [-0.15, -0.1) is 0 Å². The maximum absolute atomic E-state index is 14.5. The minimum Gasteiger partial charge on any atom is -0.387 e. The Morgan fingerprint density at radius 2 is 2.22 bits per heavy atom. The van der Waals surface area contributed by atoms with E-state index in [1.54, 1.807) is 6.92 Å². The minimum atomic E-state index is -0.988. The van der Waals surface area contributed by atoms with Crippen molar-refractivity contribution < 1.29 is 13.9 Å². The number of nitrogens with one attached hydrogen (secondary N) is 1. The summed E-state index contributed by atoms with van der Waals surface area (Å²) >= 11 is 0. The molecule has 138 valence electrons. The standard InChI is InChI=1S/C19H18FN5O2/c1-19(11-27-7-6-17(22)25-19)14-8-13(3-4-15(14)20)24-18(26)16-5-2-12(9-21)10-23-16/h2-5,8,10H,6-7,11H2,1H3,(H2,22,25)(H,24,26). The number of pyridine rings is 1. The molecule has 1 aliphatic rings. The number of aliphatic imine (C=N–C) groups is 1. The molecule has 27 heavy (non-hydrogen) atoms. The number of hydrogen-bond acceptors (Lipinski definition) is 6. The van der Waals surface area contributed by atoms with Gasteiger partial charge in [0.1, 0.15) is 23.1 Å². The van der Waals surface area contributed by atoms with E-state index in [4.69, 9.17) is 15.7 Å². The van der Waals surface area contributed by atoms with Crippen LogP contribution >= 0.6 is 0 Å². The number of ether oxygens (including phenoxy) is 1. The Balaban J connectivity index is 1.87. The number of amidine groups is 1. The van der Waals surface area contributed by atoms with Gasteiger partial charge in [-0.1, -0.05) is 0 Å². The van der Waals surface area contributed by atoms with Crippen LogP contribution in [-0.2, 0) is 10.3 Å². The molecule has 3 N–H and O–H groups in total. The Kier molecular flexibility index (Phi) is 5.14. The molecule has 1 unspecified atom stereocenters. The van der Waals surface area contributed by atoms with Crippen molar-refractivity contribution in [2.75, 3.05) is 18.5 Å². The normalized spacial score (nSPS) is 19.5. The number of aromatic nitrogens is 1. The lowest BCUT2D eigenvalue weighted by Gasteiger charge is -2.25. The number of nitriles is 1. The monoisotopic (exact) mass is 367 g/mol. The SMILES string of the molecule is CC1(c2cc(NC(=O)c3ccc(C#N)cn3)ccc2F)COCCC(N)=N1. The van der Waals surface area contributed by atoms with Crippen LogP contribution in [0.3, 0.4) is 0 Å². The van der Waals surface area contributed by atoms with Crippen LogP contribution in [-0.4, -0.2) is 29.9 Å². The summed E-state index contributed by atoms with van der Waals surface area (Å²) in [6.45, 7) is 2.34. The molecule has 1 atom stereocenters. The van der Waals surface area contributed by atoms with Crippen molar-refractivity contribution in [3.05, 3.63) is 59.2 Å². The average Bonchev–Trinajstić information content (AvgIpc) is 2.84. The molecule has 0 aliphatic carbocycles. The molecule has 0 bridgehead atoms. The van der Waals surface area contributed by atoms with Crippen LogP contribution in [0.2, 0.25) is 0 Å². The van der Waals surface area contributed by atoms with Gasteiger partial charge < -0.3 is 15.8 Å². The maximum atomic E-state index is 14.5. The summed E-state index contributed by atoms with van der Waals surface area (Å²) in [5.74, 6) is -0.540. The van der Waals surface area contributed by atoms with E-state index in [0.717, 1.165) is 0 Å². The first kappa shape index (κ1) is 18.5. The van der Waals surface area contributed by atoms with Crippen molar-refractivity contribution in [1.82, 2.24) is 4.98 Å². The molecule has 2 aromatic rings. The predicted molar refractivity (Wildman–Crippen MR) is 97.7 cm³/mol. The molecule has 2 heterocycles. The summed E-state index contributed by atoms with van der Waals surface area (Å²) in [6, 6.07) is 9.11. The lowest BCUT2D eigenvalue weighted by atomic mass is 9.92. The molecular weight excluding hydrogens is 349 g/mol. The Morgan fingerprint density at radius 3 is 2.93 bits per heavy atom. The number of carbonyl (C=O) groups excluding carboxylic acids is 1. The zero-order valence-electron chi connectivity index (χ0n) is 14.7. The molecule has 1 aromatic heterocycles. The third kappa shape index (κ3) is 4.10. The molecule has 0 fully saturated rings. The second-order valence-corrected chi connectivity index (χ2v) is 6.37. The summed E-state index contributed by atoms with van der Waals surface area (Å²) in [6.07, 6.45) is 1.80. The number of rotatable bonds is 3. The molecule has 1 aliphatic heterocycles. The summed E-state index contributed by atoms with van der Waals surface area (Å²) in [5, 5.41) is 11.5. The van der Waals surface area contributed by atoms with E-state index in [9.17, 15) is 9.18 Å². The van der Waals surface area contributed by atoms with Gasteiger partial charge in [0, 0.05) is 23.9 Å². The van der Waals surface area contributed by atoms with Gasteiger partial charge in [-0.2, -0.15) is 5.26 Å². The van der Waals surface area contributed by atoms with Crippen LogP contribution in [0.1, 0.15) is 35.0 Å². The average molecular weight is 367 g/mol. The lowest BCUT2D eigenvalue weighted by molar-refractivity contribution is 0.102. The fourth-order valence-electron chi connectivity index (χ4n) is 2.80. The molecule has 8 heteroatoms. The summed E-state index contributed by atoms with van der Waals surface area (Å²) in [5.41, 5.74) is 6.04. The topological polar surface area (TPSA) is 113 Å². The third-order valence-corrected chi connectivity index (χ3v) is 4.21. The van der Waals surface area contributed by atoms with Gasteiger partial charge in [0.2, 0.25) is 0 Å². The number of anilines is 1. The van der Waals surface area contributed by atoms with Gasteiger partial charge in [0.15, 0.2) is 0 Å². The van der Waals surface area contributed by atoms with Crippen LogP contribution in [0.4, 0.5) is 10.1 Å². The second kappa shape index (κ2) is 7.51. The molecule has 0 saturated carbocycles. The molecule has 3 rings (SSSR count). The van der Waals surface area contributed by atoms with Crippen molar-refractivity contribution in [2.45, 2.75) is 18.9 Å². The van der Waals surface area contributed by atoms with Crippen molar-refractivity contribution in [3.8, 4) is 6.07 Å². The number of amides is 1. The molecule has 0 spiro atoms. The minimum absolute atomic E-state index is 0.145. The fourth-order valence-corrected chi connectivity index (χ4v) is 2.80. The molecule has 7 nitrogen and oxygen atoms in total. The zero-order chi connectivity index (χ0) is 19.4. The highest BCUT2D eigenvalue weighted by Crippen LogP contribution is 2.32. The highest BCUT2D eigenvalue weighted by Gasteiger charge is 2.32. The van der Waals surface area contributed by atoms with E-state index >= 15 is 0 Å². The van der Waals surface area contributed by atoms with Crippen molar-refractivity contribution >= 4 is 17.4 Å². The van der Waals surface area contributed by atoms with Crippen LogP contribution in [0.15, 0.2) is 41.5 Å². The van der Waals surface area contributed by atoms with E-state index in [0.29, 0.717) is 30.1 Å². The number of benzene rings is 1. The van der Waals surface area contributed by atoms with Crippen LogP contribution < -0.4 is 11.1 Å². The molecule has 0 radical (unpaired) electrons. The first-order valence-electron chi connectivity index (χ1n) is 8.31. The van der Waals surface area contributed by atoms with Gasteiger partial charge in [-0.25, -0.2) is 9.37 Å². The molecule has 1 aromatic carbocycles. The van der Waals surface area contributed by atoms with E-state index in [1.165, 1.54) is 36.5 Å². The Morgan fingerprint density at radius 1 is 1.41 bits per heavy atom. The van der Waals surface area contributed by atoms with Gasteiger partial charge in [0.25, 0.3) is 5.91 Å². The first-order valence-corrected chi connectivity index (χ1v) is 8.31. The number of nitrogens with zero attached hydrogens (tertiary/aromatic N) is 3. The van der Waals surface area contributed by atoms with Crippen LogP contribution in [0, 0.1) is 17.1 Å². The van der Waals surface area contributed by atoms with Crippen LogP contribution in [0.25, 0.3) is 0 Å². The summed E-state index contributed by atoms with van der Waals surface area (Å²) in [7, 11) is 0. The highest BCUT2D eigenvalue weighted by atomic mass is 19.1. The largest absolute Gasteiger partial charge is 0.387 e. The zero-order valence-corrected chi connectivity index (χ0v) is 14.7. The Hall–Kier alpha value is -3.31. The van der Waals surface area contributed by atoms with E-state index in [-0.39, 0.29) is 17.9 Å². The van der Waals surface area contributed by atoms with Gasteiger partial charge in [-0.3, -0.25) is 9.79 Å². The van der Waals surface area contributed by atoms with Gasteiger partial charge in [0.05, 0.1) is 24.6 Å². The molecule has 1 amide bonds. The maximum Gasteiger partial charge on any atom is 0.274 e. The number of nitrogens with two attached hydrogens (primary N) is 1. The van der Waals surface area contributed by atoms with E-state index in [2.05, 4.69) is 15.3 Å². The van der Waals surface area contributed by atoms with E-state index in [1.807, 2.05) is 6.07 Å². The third-order valence-electron chi connectivity index (χ3n) is 4.21. The number of carbonyl (C=O) groups is 1. The summed E-state index contributed by atoms with van der Waals surface area (Å²) < 4.78 is 20.0. The van der Waals surface area contributed by atoms with Crippen molar-refractivity contribution in [1.29, 1.82) is 5.26 Å². The molecular formula is C19H18FN5O2. The Labute approximate surface area is 155 Å². The quantitative estimate of drug-likeness (QED) is 0.864. The lowest BCUT2D eigenvalue weighted by Crippen LogP contribution is -2.28. The van der Waals surface area contributed by atoms with Crippen LogP contribution in [0.5, 0.6) is 0 Å². The number of halogens is 1. The smallest absolute Gasteiger partial charge is 0.274 e. The van der Waals surface area contributed by atoms with Gasteiger partial charge in [-0.05, 0) is 37.3 Å². The first-order chi connectivity index (χ1) is 12.9. The fraction of sp³-hybridized carbons (Fsp3) is 0.263. The van der Waals surface area contributed by atoms with Crippen molar-refractivity contribution in [2.24, 2.45) is 10.7 Å². The van der Waals surface area contributed by atoms with Gasteiger partial charge >= 0.3 is 0 Å². The van der Waals surface area contributed by atoms with Crippen molar-refractivity contribution in [3.63, 3.8) is 0 Å². The number of hydrogen-bond donors (Lipinski definition) is 2. The molecule has 0 saturated heterocycles. The highest BCUT2D eigenvalue weighted by molar-refractivity contribution is 6.02. The predicted octanol–water partition coefficient (Wildman–Crippen LogP) is 2.34.